The Kier molecular flexibility index (Phi) is 3.96. The number of hydrogen-bond donors (Lipinski definition) is 0. The Morgan fingerprint density at radius 2 is 2.07 bits per heavy atom. The predicted molar refractivity (Wildman–Crippen MR) is 109 cm³/mol. The fourth-order valence-electron chi connectivity index (χ4n) is 5.17. The molecule has 2 aromatic heterocycles. The van der Waals surface area contributed by atoms with E-state index >= 15 is 0 Å². The van der Waals surface area contributed by atoms with Crippen molar-refractivity contribution >= 4 is 11.3 Å². The minimum Gasteiger partial charge on any atom is -0.373 e. The number of nitrogens with zero attached hydrogens (tertiary/aromatic N) is 2. The molecule has 4 heterocycles. The Bertz CT molecular complexity index is 972. The van der Waals surface area contributed by atoms with Crippen LogP contribution in [-0.4, -0.2) is 27.4 Å². The van der Waals surface area contributed by atoms with Gasteiger partial charge in [-0.05, 0) is 42.7 Å². The first kappa shape index (κ1) is 17.0. The number of benzene rings is 1. The molecule has 1 saturated carbocycles. The SMILES string of the molecule is c1csc(CO[C@H]2CC[C@]3(CC2)OC3CC2c3ccccc3-c3cncn32)c1. The molecule has 28 heavy (non-hydrogen) atoms. The highest BCUT2D eigenvalue weighted by molar-refractivity contribution is 7.09. The molecule has 1 aromatic carbocycles. The fourth-order valence-corrected chi connectivity index (χ4v) is 5.79. The van der Waals surface area contributed by atoms with Crippen LogP contribution in [0.2, 0.25) is 0 Å². The molecule has 1 aliphatic carbocycles. The molecular formula is C23H24N2O2S. The zero-order chi connectivity index (χ0) is 18.6. The minimum atomic E-state index is 0.0983. The van der Waals surface area contributed by atoms with Crippen LogP contribution >= 0.6 is 11.3 Å². The van der Waals surface area contributed by atoms with Crippen LogP contribution in [0.15, 0.2) is 54.3 Å². The first-order valence-electron chi connectivity index (χ1n) is 10.3. The molecule has 144 valence electrons. The van der Waals surface area contributed by atoms with Crippen molar-refractivity contribution in [3.63, 3.8) is 0 Å². The van der Waals surface area contributed by atoms with Crippen molar-refractivity contribution in [3.05, 3.63) is 64.7 Å². The Balaban J connectivity index is 1.09. The Morgan fingerprint density at radius 3 is 2.93 bits per heavy atom. The van der Waals surface area contributed by atoms with Gasteiger partial charge in [0.1, 0.15) is 0 Å². The van der Waals surface area contributed by atoms with Gasteiger partial charge in [-0.25, -0.2) is 4.98 Å². The maximum atomic E-state index is 6.33. The number of aromatic nitrogens is 2. The second-order valence-corrected chi connectivity index (χ2v) is 9.32. The summed E-state index contributed by atoms with van der Waals surface area (Å²) in [5, 5.41) is 2.12. The fraction of sp³-hybridized carbons (Fsp3) is 0.435. The molecule has 6 rings (SSSR count). The van der Waals surface area contributed by atoms with Gasteiger partial charge in [0.05, 0.1) is 48.7 Å². The molecule has 4 nitrogen and oxygen atoms in total. The van der Waals surface area contributed by atoms with Gasteiger partial charge in [-0.3, -0.25) is 0 Å². The summed E-state index contributed by atoms with van der Waals surface area (Å²) in [6, 6.07) is 13.3. The van der Waals surface area contributed by atoms with Crippen molar-refractivity contribution < 1.29 is 9.47 Å². The van der Waals surface area contributed by atoms with E-state index in [0.29, 0.717) is 18.2 Å². The van der Waals surface area contributed by atoms with E-state index in [4.69, 9.17) is 9.47 Å². The molecule has 2 fully saturated rings. The number of thiophene rings is 1. The molecular weight excluding hydrogens is 368 g/mol. The lowest BCUT2D eigenvalue weighted by molar-refractivity contribution is 0.00305. The second kappa shape index (κ2) is 6.55. The molecule has 0 bridgehead atoms. The van der Waals surface area contributed by atoms with Gasteiger partial charge in [0, 0.05) is 16.9 Å². The van der Waals surface area contributed by atoms with Gasteiger partial charge in [0.25, 0.3) is 0 Å². The molecule has 5 heteroatoms. The van der Waals surface area contributed by atoms with E-state index in [2.05, 4.69) is 51.3 Å². The lowest BCUT2D eigenvalue weighted by atomic mass is 9.82. The topological polar surface area (TPSA) is 39.6 Å². The van der Waals surface area contributed by atoms with Crippen molar-refractivity contribution in [3.8, 4) is 11.3 Å². The summed E-state index contributed by atoms with van der Waals surface area (Å²) < 4.78 is 14.8. The smallest absolute Gasteiger partial charge is 0.0956 e. The Hall–Kier alpha value is -1.95. The van der Waals surface area contributed by atoms with E-state index in [-0.39, 0.29) is 5.60 Å². The van der Waals surface area contributed by atoms with Crippen molar-refractivity contribution in [1.82, 2.24) is 9.55 Å². The normalized spacial score (nSPS) is 30.4. The van der Waals surface area contributed by atoms with E-state index in [1.165, 1.54) is 21.7 Å². The van der Waals surface area contributed by atoms with Crippen LogP contribution in [0.4, 0.5) is 0 Å². The number of rotatable bonds is 5. The van der Waals surface area contributed by atoms with Crippen LogP contribution in [0, 0.1) is 0 Å². The zero-order valence-corrected chi connectivity index (χ0v) is 16.6. The number of fused-ring (bicyclic) bond motifs is 3. The van der Waals surface area contributed by atoms with Gasteiger partial charge in [-0.2, -0.15) is 0 Å². The maximum Gasteiger partial charge on any atom is 0.0956 e. The van der Waals surface area contributed by atoms with E-state index in [9.17, 15) is 0 Å². The third-order valence-corrected chi connectivity index (χ3v) is 7.61. The van der Waals surface area contributed by atoms with E-state index in [0.717, 1.165) is 38.7 Å². The molecule has 1 spiro atoms. The van der Waals surface area contributed by atoms with Gasteiger partial charge in [-0.15, -0.1) is 11.3 Å². The van der Waals surface area contributed by atoms with Crippen LogP contribution < -0.4 is 0 Å². The summed E-state index contributed by atoms with van der Waals surface area (Å²) in [4.78, 5) is 5.70. The zero-order valence-electron chi connectivity index (χ0n) is 15.8. The summed E-state index contributed by atoms with van der Waals surface area (Å²) in [5.74, 6) is 0. The summed E-state index contributed by atoms with van der Waals surface area (Å²) in [7, 11) is 0. The minimum absolute atomic E-state index is 0.0983. The third kappa shape index (κ3) is 2.76. The predicted octanol–water partition coefficient (Wildman–Crippen LogP) is 5.20. The molecule has 2 atom stereocenters. The first-order valence-corrected chi connectivity index (χ1v) is 11.1. The molecule has 1 saturated heterocycles. The highest BCUT2D eigenvalue weighted by Crippen LogP contribution is 2.53. The molecule has 2 aliphatic heterocycles. The average Bonchev–Trinajstić information content (AvgIpc) is 3.18. The van der Waals surface area contributed by atoms with Gasteiger partial charge >= 0.3 is 0 Å². The molecule has 3 aliphatic rings. The number of ether oxygens (including phenoxy) is 2. The second-order valence-electron chi connectivity index (χ2n) is 8.29. The Labute approximate surface area is 169 Å². The van der Waals surface area contributed by atoms with Crippen LogP contribution in [-0.2, 0) is 16.1 Å². The summed E-state index contributed by atoms with van der Waals surface area (Å²) in [6.45, 7) is 0.752. The van der Waals surface area contributed by atoms with Crippen LogP contribution in [0.3, 0.4) is 0 Å². The summed E-state index contributed by atoms with van der Waals surface area (Å²) in [6.07, 6.45) is 10.2. The van der Waals surface area contributed by atoms with Crippen molar-refractivity contribution in [1.29, 1.82) is 0 Å². The van der Waals surface area contributed by atoms with Gasteiger partial charge in [0.15, 0.2) is 0 Å². The third-order valence-electron chi connectivity index (χ3n) is 6.76. The molecule has 2 unspecified atom stereocenters. The van der Waals surface area contributed by atoms with E-state index in [1.807, 2.05) is 12.5 Å². The van der Waals surface area contributed by atoms with Crippen LogP contribution in [0.25, 0.3) is 11.3 Å². The lowest BCUT2D eigenvalue weighted by Gasteiger charge is -2.27. The highest BCUT2D eigenvalue weighted by Gasteiger charge is 2.58. The van der Waals surface area contributed by atoms with Crippen molar-refractivity contribution in [2.45, 2.75) is 62.6 Å². The monoisotopic (exact) mass is 392 g/mol. The lowest BCUT2D eigenvalue weighted by Crippen LogP contribution is -2.29. The number of hydrogen-bond acceptors (Lipinski definition) is 4. The van der Waals surface area contributed by atoms with Gasteiger partial charge < -0.3 is 14.0 Å². The van der Waals surface area contributed by atoms with Crippen LogP contribution in [0.1, 0.15) is 48.6 Å². The van der Waals surface area contributed by atoms with Gasteiger partial charge in [0.2, 0.25) is 0 Å². The highest BCUT2D eigenvalue weighted by atomic mass is 32.1. The summed E-state index contributed by atoms with van der Waals surface area (Å²) >= 11 is 1.77. The van der Waals surface area contributed by atoms with Crippen LogP contribution in [0.5, 0.6) is 0 Å². The standard InChI is InChI=1S/C23H24N2O2S/c1-2-6-19-18(5-1)20(25-15-24-13-21(19)25)12-22-23(27-22)9-7-16(8-10-23)26-14-17-4-3-11-28-17/h1-6,11,13,15-16,20,22H,7-10,12,14H2/t16-,20?,22?,23+. The van der Waals surface area contributed by atoms with E-state index in [1.54, 1.807) is 11.3 Å². The van der Waals surface area contributed by atoms with Gasteiger partial charge in [-0.1, -0.05) is 30.3 Å². The quantitative estimate of drug-likeness (QED) is 0.560. The number of epoxide rings is 1. The van der Waals surface area contributed by atoms with Crippen molar-refractivity contribution in [2.24, 2.45) is 0 Å². The first-order chi connectivity index (χ1) is 13.8. The molecule has 0 amide bonds. The summed E-state index contributed by atoms with van der Waals surface area (Å²) in [5.41, 5.74) is 4.08. The molecule has 0 N–H and O–H groups in total. The largest absolute Gasteiger partial charge is 0.373 e. The molecule has 0 radical (unpaired) electrons. The average molecular weight is 393 g/mol. The maximum absolute atomic E-state index is 6.33. The van der Waals surface area contributed by atoms with E-state index < -0.39 is 0 Å². The van der Waals surface area contributed by atoms with Crippen molar-refractivity contribution in [2.75, 3.05) is 0 Å². The Morgan fingerprint density at radius 1 is 1.18 bits per heavy atom. The molecule has 3 aromatic rings. The number of imidazole rings is 1.